The number of carbonyl (C=O) groups is 2. The maximum atomic E-state index is 9.79. The molecule has 0 atom stereocenters. The number of aliphatic hydroxyl groups excluding tert-OH is 2. The number of carboxylic acid groups (broad SMARTS) is 2. The van der Waals surface area contributed by atoms with Crippen LogP contribution in [0.5, 0.6) is 0 Å². The third-order valence-electron chi connectivity index (χ3n) is 1.72. The van der Waals surface area contributed by atoms with Crippen LogP contribution in [0.3, 0.4) is 0 Å². The molecule has 0 heterocycles. The molecule has 0 aliphatic carbocycles. The highest BCUT2D eigenvalue weighted by Gasteiger charge is 1.91. The van der Waals surface area contributed by atoms with Crippen LogP contribution in [0.2, 0.25) is 0 Å². The van der Waals surface area contributed by atoms with E-state index in [9.17, 15) is 9.59 Å². The van der Waals surface area contributed by atoms with Gasteiger partial charge in [-0.15, -0.1) is 0 Å². The van der Waals surface area contributed by atoms with E-state index in [0.29, 0.717) is 38.8 Å². The Balaban J connectivity index is 0. The monoisotopic (exact) mass is 266 g/mol. The Hall–Kier alpha value is -1.54. The van der Waals surface area contributed by atoms with Crippen LogP contribution in [0.15, 0.2) is 0 Å². The van der Waals surface area contributed by atoms with E-state index in [-0.39, 0.29) is 13.2 Å². The Bertz CT molecular complexity index is 191. The fourth-order valence-corrected chi connectivity index (χ4v) is 0.864. The number of aliphatic hydroxyl groups is 2. The van der Waals surface area contributed by atoms with Gasteiger partial charge >= 0.3 is 12.2 Å². The minimum atomic E-state index is -1.01. The fraction of sp³-hybridized carbons (Fsp3) is 0.800. The van der Waals surface area contributed by atoms with Crippen molar-refractivity contribution in [2.75, 3.05) is 26.3 Å². The lowest BCUT2D eigenvalue weighted by Gasteiger charge is -1.96. The summed E-state index contributed by atoms with van der Waals surface area (Å²) in [5.74, 6) is 0. The van der Waals surface area contributed by atoms with Gasteiger partial charge in [-0.25, -0.2) is 9.59 Å². The van der Waals surface area contributed by atoms with Crippen molar-refractivity contribution in [1.82, 2.24) is 10.6 Å². The number of hydrogen-bond acceptors (Lipinski definition) is 4. The first-order valence-electron chi connectivity index (χ1n) is 5.70. The van der Waals surface area contributed by atoms with Gasteiger partial charge in [0.1, 0.15) is 0 Å². The van der Waals surface area contributed by atoms with Crippen molar-refractivity contribution in [2.24, 2.45) is 0 Å². The molecule has 8 heteroatoms. The fourth-order valence-electron chi connectivity index (χ4n) is 0.864. The van der Waals surface area contributed by atoms with E-state index in [1.165, 1.54) is 0 Å². The van der Waals surface area contributed by atoms with Gasteiger partial charge in [0, 0.05) is 26.3 Å². The Morgan fingerprint density at radius 2 is 1.06 bits per heavy atom. The van der Waals surface area contributed by atoms with Crippen LogP contribution in [0, 0.1) is 0 Å². The summed E-state index contributed by atoms with van der Waals surface area (Å²) < 4.78 is 0. The molecule has 0 saturated heterocycles. The maximum Gasteiger partial charge on any atom is 0.404 e. The average molecular weight is 266 g/mol. The topological polar surface area (TPSA) is 139 Å². The minimum absolute atomic E-state index is 0.126. The zero-order valence-corrected chi connectivity index (χ0v) is 10.3. The van der Waals surface area contributed by atoms with Crippen molar-refractivity contribution in [3.05, 3.63) is 0 Å². The van der Waals surface area contributed by atoms with E-state index in [1.54, 1.807) is 0 Å². The highest BCUT2D eigenvalue weighted by molar-refractivity contribution is 5.64. The van der Waals surface area contributed by atoms with Crippen molar-refractivity contribution in [2.45, 2.75) is 25.7 Å². The molecule has 0 aromatic heterocycles. The maximum absolute atomic E-state index is 9.79. The van der Waals surface area contributed by atoms with Gasteiger partial charge in [0.05, 0.1) is 0 Å². The van der Waals surface area contributed by atoms with Crippen molar-refractivity contribution in [3.63, 3.8) is 0 Å². The number of hydrogen-bond donors (Lipinski definition) is 6. The smallest absolute Gasteiger partial charge is 0.404 e. The molecule has 0 rings (SSSR count). The molecule has 0 aliphatic heterocycles. The van der Waals surface area contributed by atoms with E-state index in [1.807, 2.05) is 0 Å². The van der Waals surface area contributed by atoms with E-state index in [2.05, 4.69) is 10.6 Å². The zero-order valence-electron chi connectivity index (χ0n) is 10.3. The molecule has 8 nitrogen and oxygen atoms in total. The van der Waals surface area contributed by atoms with Crippen molar-refractivity contribution < 1.29 is 30.0 Å². The second-order valence-electron chi connectivity index (χ2n) is 3.33. The average Bonchev–Trinajstić information content (AvgIpc) is 2.31. The predicted molar refractivity (Wildman–Crippen MR) is 64.7 cm³/mol. The molecule has 18 heavy (non-hydrogen) atoms. The van der Waals surface area contributed by atoms with Crippen LogP contribution in [0.4, 0.5) is 9.59 Å². The van der Waals surface area contributed by atoms with Crippen LogP contribution < -0.4 is 10.6 Å². The highest BCUT2D eigenvalue weighted by atomic mass is 16.4. The number of nitrogens with one attached hydrogen (secondary N) is 2. The van der Waals surface area contributed by atoms with Crippen LogP contribution in [0.25, 0.3) is 0 Å². The number of unbranched alkanes of at least 4 members (excludes halogenated alkanes) is 2. The summed E-state index contributed by atoms with van der Waals surface area (Å²) in [4.78, 5) is 19.6. The van der Waals surface area contributed by atoms with Crippen molar-refractivity contribution in [1.29, 1.82) is 0 Å². The number of amides is 2. The quantitative estimate of drug-likeness (QED) is 0.343. The van der Waals surface area contributed by atoms with Crippen molar-refractivity contribution >= 4 is 12.2 Å². The lowest BCUT2D eigenvalue weighted by molar-refractivity contribution is 0.192. The summed E-state index contributed by atoms with van der Waals surface area (Å²) in [5, 5.41) is 37.0. The lowest BCUT2D eigenvalue weighted by atomic mass is 10.3. The first-order valence-corrected chi connectivity index (χ1v) is 5.70. The Morgan fingerprint density at radius 1 is 0.722 bits per heavy atom. The molecule has 6 N–H and O–H groups in total. The van der Waals surface area contributed by atoms with Gasteiger partial charge in [-0.2, -0.15) is 0 Å². The first kappa shape index (κ1) is 18.8. The normalized spacial score (nSPS) is 9.00. The molecule has 0 unspecified atom stereocenters. The van der Waals surface area contributed by atoms with Gasteiger partial charge in [0.25, 0.3) is 0 Å². The number of rotatable bonds is 8. The third-order valence-corrected chi connectivity index (χ3v) is 1.72. The second kappa shape index (κ2) is 15.5. The minimum Gasteiger partial charge on any atom is -0.465 e. The summed E-state index contributed by atoms with van der Waals surface area (Å²) in [6.07, 6.45) is 0.687. The molecule has 0 fully saturated rings. The molecular formula is C10H22N2O6. The van der Waals surface area contributed by atoms with Crippen LogP contribution in [-0.4, -0.2) is 58.9 Å². The Morgan fingerprint density at radius 3 is 1.28 bits per heavy atom. The third kappa shape index (κ3) is 23.9. The van der Waals surface area contributed by atoms with Crippen LogP contribution in [0.1, 0.15) is 25.7 Å². The van der Waals surface area contributed by atoms with Gasteiger partial charge in [-0.1, -0.05) is 0 Å². The molecular weight excluding hydrogens is 244 g/mol. The molecule has 2 amide bonds. The molecule has 0 aliphatic rings. The molecule has 0 radical (unpaired) electrons. The molecule has 0 saturated carbocycles. The molecule has 0 bridgehead atoms. The van der Waals surface area contributed by atoms with Gasteiger partial charge in [-0.3, -0.25) is 0 Å². The summed E-state index contributed by atoms with van der Waals surface area (Å²) in [6, 6.07) is 0. The predicted octanol–water partition coefficient (Wildman–Crippen LogP) is 0.0530. The van der Waals surface area contributed by atoms with E-state index < -0.39 is 12.2 Å². The van der Waals surface area contributed by atoms with Crippen LogP contribution >= 0.6 is 0 Å². The summed E-state index contributed by atoms with van der Waals surface area (Å²) >= 11 is 0. The lowest BCUT2D eigenvalue weighted by Crippen LogP contribution is -2.21. The van der Waals surface area contributed by atoms with Gasteiger partial charge in [-0.05, 0) is 25.7 Å². The Kier molecular flexibility index (Phi) is 16.2. The van der Waals surface area contributed by atoms with Gasteiger partial charge < -0.3 is 31.1 Å². The summed E-state index contributed by atoms with van der Waals surface area (Å²) in [6.45, 7) is 1.11. The van der Waals surface area contributed by atoms with E-state index in [4.69, 9.17) is 20.4 Å². The van der Waals surface area contributed by atoms with Gasteiger partial charge in [0.15, 0.2) is 0 Å². The van der Waals surface area contributed by atoms with E-state index >= 15 is 0 Å². The molecule has 0 aromatic rings. The molecule has 0 aromatic carbocycles. The zero-order chi connectivity index (χ0) is 14.2. The second-order valence-corrected chi connectivity index (χ2v) is 3.33. The molecule has 108 valence electrons. The van der Waals surface area contributed by atoms with Gasteiger partial charge in [0.2, 0.25) is 0 Å². The van der Waals surface area contributed by atoms with Crippen LogP contribution in [-0.2, 0) is 0 Å². The molecule has 0 spiro atoms. The highest BCUT2D eigenvalue weighted by Crippen LogP contribution is 1.83. The standard InChI is InChI=1S/2C5H11NO3/c2*7-4-2-1-3-6-5(8)9/h2*6-7H,1-4H2,(H,8,9). The summed E-state index contributed by atoms with van der Waals surface area (Å²) in [7, 11) is 0. The SMILES string of the molecule is O=C(O)NCCCCO.O=C(O)NCCCCO. The first-order chi connectivity index (χ1) is 8.54. The summed E-state index contributed by atoms with van der Waals surface area (Å²) in [5.41, 5.74) is 0. The largest absolute Gasteiger partial charge is 0.465 e. The Labute approximate surface area is 106 Å². The van der Waals surface area contributed by atoms with E-state index in [0.717, 1.165) is 0 Å². The van der Waals surface area contributed by atoms with Crippen molar-refractivity contribution in [3.8, 4) is 0 Å².